The molecule has 0 atom stereocenters. The van der Waals surface area contributed by atoms with E-state index in [4.69, 9.17) is 9.72 Å². The van der Waals surface area contributed by atoms with Gasteiger partial charge in [-0.25, -0.2) is 19.9 Å². The summed E-state index contributed by atoms with van der Waals surface area (Å²) in [7, 11) is 0. The van der Waals surface area contributed by atoms with Gasteiger partial charge in [0.15, 0.2) is 5.82 Å². The third-order valence-electron chi connectivity index (χ3n) is 5.69. The first-order chi connectivity index (χ1) is 14.3. The number of ether oxygens (including phenoxy) is 1. The van der Waals surface area contributed by atoms with Crippen LogP contribution in [0.15, 0.2) is 55.0 Å². The number of fused-ring (bicyclic) bond motifs is 2. The average Bonchev–Trinajstić information content (AvgIpc) is 2.80. The SMILES string of the molecule is O=C(c1ncccn1)N1CCC2(CC1)OCCc1cnc(-c3ccccc3)nc12. The molecule has 7 nitrogen and oxygen atoms in total. The minimum atomic E-state index is -0.464. The molecule has 4 heterocycles. The number of hydrogen-bond acceptors (Lipinski definition) is 6. The van der Waals surface area contributed by atoms with E-state index in [1.54, 1.807) is 23.4 Å². The van der Waals surface area contributed by atoms with Crippen molar-refractivity contribution in [3.05, 3.63) is 72.1 Å². The molecule has 2 aliphatic heterocycles. The van der Waals surface area contributed by atoms with Crippen molar-refractivity contribution in [1.82, 2.24) is 24.8 Å². The number of piperidine rings is 1. The Kier molecular flexibility index (Phi) is 4.52. The largest absolute Gasteiger partial charge is 0.368 e. The maximum absolute atomic E-state index is 12.7. The Labute approximate surface area is 168 Å². The normalized spacial score (nSPS) is 17.7. The molecular formula is C22H21N5O2. The summed E-state index contributed by atoms with van der Waals surface area (Å²) in [5.74, 6) is 0.816. The molecule has 0 unspecified atom stereocenters. The molecule has 0 bridgehead atoms. The Hall–Kier alpha value is -3.19. The van der Waals surface area contributed by atoms with Crippen molar-refractivity contribution in [3.8, 4) is 11.4 Å². The molecule has 1 saturated heterocycles. The van der Waals surface area contributed by atoms with Gasteiger partial charge in [-0.2, -0.15) is 0 Å². The summed E-state index contributed by atoms with van der Waals surface area (Å²) >= 11 is 0. The number of rotatable bonds is 2. The van der Waals surface area contributed by atoms with Crippen LogP contribution in [-0.4, -0.2) is 50.4 Å². The minimum Gasteiger partial charge on any atom is -0.368 e. The lowest BCUT2D eigenvalue weighted by Gasteiger charge is -2.43. The predicted molar refractivity (Wildman–Crippen MR) is 106 cm³/mol. The molecule has 7 heteroatoms. The Bertz CT molecular complexity index is 1020. The van der Waals surface area contributed by atoms with Crippen LogP contribution < -0.4 is 0 Å². The van der Waals surface area contributed by atoms with Crippen LogP contribution in [0, 0.1) is 0 Å². The number of carbonyl (C=O) groups is 1. The molecule has 2 aliphatic rings. The van der Waals surface area contributed by atoms with Crippen molar-refractivity contribution in [2.75, 3.05) is 19.7 Å². The van der Waals surface area contributed by atoms with Crippen molar-refractivity contribution < 1.29 is 9.53 Å². The molecule has 0 saturated carbocycles. The van der Waals surface area contributed by atoms with E-state index in [0.717, 1.165) is 23.2 Å². The number of aromatic nitrogens is 4. The van der Waals surface area contributed by atoms with E-state index in [1.807, 2.05) is 36.5 Å². The third-order valence-corrected chi connectivity index (χ3v) is 5.69. The summed E-state index contributed by atoms with van der Waals surface area (Å²) in [6.45, 7) is 1.82. The first-order valence-electron chi connectivity index (χ1n) is 9.87. The Morgan fingerprint density at radius 1 is 1.00 bits per heavy atom. The van der Waals surface area contributed by atoms with Gasteiger partial charge in [-0.1, -0.05) is 30.3 Å². The number of likely N-dealkylation sites (tertiary alicyclic amines) is 1. The fourth-order valence-corrected chi connectivity index (χ4v) is 4.14. The number of benzene rings is 1. The van der Waals surface area contributed by atoms with E-state index < -0.39 is 5.60 Å². The summed E-state index contributed by atoms with van der Waals surface area (Å²) in [5.41, 5.74) is 2.64. The topological polar surface area (TPSA) is 81.1 Å². The van der Waals surface area contributed by atoms with Crippen molar-refractivity contribution in [2.24, 2.45) is 0 Å². The molecule has 1 fully saturated rings. The smallest absolute Gasteiger partial charge is 0.291 e. The fraction of sp³-hybridized carbons (Fsp3) is 0.318. The van der Waals surface area contributed by atoms with Crippen molar-refractivity contribution in [3.63, 3.8) is 0 Å². The molecule has 1 spiro atoms. The first kappa shape index (κ1) is 17.9. The zero-order valence-corrected chi connectivity index (χ0v) is 16.0. The number of carbonyl (C=O) groups excluding carboxylic acids is 1. The molecule has 1 amide bonds. The van der Waals surface area contributed by atoms with Crippen LogP contribution in [0.3, 0.4) is 0 Å². The van der Waals surface area contributed by atoms with Crippen LogP contribution in [0.2, 0.25) is 0 Å². The molecule has 5 rings (SSSR count). The molecule has 3 aromatic rings. The molecule has 146 valence electrons. The van der Waals surface area contributed by atoms with Crippen LogP contribution in [0.5, 0.6) is 0 Å². The lowest BCUT2D eigenvalue weighted by Crippen LogP contribution is -2.49. The van der Waals surface area contributed by atoms with E-state index in [1.165, 1.54) is 0 Å². The summed E-state index contributed by atoms with van der Waals surface area (Å²) in [4.78, 5) is 32.2. The Morgan fingerprint density at radius 2 is 1.76 bits per heavy atom. The monoisotopic (exact) mass is 387 g/mol. The molecule has 0 N–H and O–H groups in total. The zero-order chi connectivity index (χ0) is 19.7. The highest BCUT2D eigenvalue weighted by Gasteiger charge is 2.43. The second kappa shape index (κ2) is 7.33. The van der Waals surface area contributed by atoms with Gasteiger partial charge in [-0.05, 0) is 30.9 Å². The lowest BCUT2D eigenvalue weighted by atomic mass is 9.83. The van der Waals surface area contributed by atoms with Gasteiger partial charge >= 0.3 is 0 Å². The van der Waals surface area contributed by atoms with E-state index >= 15 is 0 Å². The summed E-state index contributed by atoms with van der Waals surface area (Å²) in [6, 6.07) is 11.7. The van der Waals surface area contributed by atoms with Gasteiger partial charge < -0.3 is 9.64 Å². The zero-order valence-electron chi connectivity index (χ0n) is 16.0. The van der Waals surface area contributed by atoms with Gasteiger partial charge in [0, 0.05) is 37.2 Å². The van der Waals surface area contributed by atoms with Gasteiger partial charge in [0.05, 0.1) is 12.3 Å². The van der Waals surface area contributed by atoms with Crippen LogP contribution in [-0.2, 0) is 16.8 Å². The molecule has 29 heavy (non-hydrogen) atoms. The maximum atomic E-state index is 12.7. The molecule has 0 aliphatic carbocycles. The van der Waals surface area contributed by atoms with Gasteiger partial charge in [0.2, 0.25) is 5.82 Å². The van der Waals surface area contributed by atoms with Crippen molar-refractivity contribution >= 4 is 5.91 Å². The second-order valence-electron chi connectivity index (χ2n) is 7.39. The molecule has 1 aromatic carbocycles. The average molecular weight is 387 g/mol. The minimum absolute atomic E-state index is 0.135. The fourth-order valence-electron chi connectivity index (χ4n) is 4.14. The third kappa shape index (κ3) is 3.27. The summed E-state index contributed by atoms with van der Waals surface area (Å²) in [5, 5.41) is 0. The van der Waals surface area contributed by atoms with E-state index in [2.05, 4.69) is 15.0 Å². The van der Waals surface area contributed by atoms with Crippen LogP contribution >= 0.6 is 0 Å². The van der Waals surface area contributed by atoms with Crippen molar-refractivity contribution in [1.29, 1.82) is 0 Å². The lowest BCUT2D eigenvalue weighted by molar-refractivity contribution is -0.0967. The highest BCUT2D eigenvalue weighted by Crippen LogP contribution is 2.41. The second-order valence-corrected chi connectivity index (χ2v) is 7.39. The predicted octanol–water partition coefficient (Wildman–Crippen LogP) is 2.64. The Balaban J connectivity index is 1.41. The van der Waals surface area contributed by atoms with Gasteiger partial charge in [-0.15, -0.1) is 0 Å². The highest BCUT2D eigenvalue weighted by atomic mass is 16.5. The Morgan fingerprint density at radius 3 is 2.52 bits per heavy atom. The maximum Gasteiger partial charge on any atom is 0.291 e. The van der Waals surface area contributed by atoms with E-state index in [-0.39, 0.29) is 11.7 Å². The molecular weight excluding hydrogens is 366 g/mol. The van der Waals surface area contributed by atoms with Crippen LogP contribution in [0.4, 0.5) is 0 Å². The number of nitrogens with zero attached hydrogens (tertiary/aromatic N) is 5. The quantitative estimate of drug-likeness (QED) is 0.672. The summed E-state index contributed by atoms with van der Waals surface area (Å²) in [6.07, 6.45) is 7.33. The van der Waals surface area contributed by atoms with Gasteiger partial charge in [-0.3, -0.25) is 4.79 Å². The van der Waals surface area contributed by atoms with E-state index in [0.29, 0.717) is 38.4 Å². The first-order valence-corrected chi connectivity index (χ1v) is 9.87. The summed E-state index contributed by atoms with van der Waals surface area (Å²) < 4.78 is 6.30. The van der Waals surface area contributed by atoms with Gasteiger partial charge in [0.25, 0.3) is 5.91 Å². The standard InChI is InChI=1S/C22H21N5O2/c28-21(20-23-10-4-11-24-20)27-12-8-22(9-13-27)18-17(7-14-29-22)15-25-19(26-18)16-5-2-1-3-6-16/h1-6,10-11,15H,7-9,12-14H2. The number of amides is 1. The van der Waals surface area contributed by atoms with E-state index in [9.17, 15) is 4.79 Å². The van der Waals surface area contributed by atoms with Gasteiger partial charge in [0.1, 0.15) is 5.60 Å². The highest BCUT2D eigenvalue weighted by molar-refractivity contribution is 5.90. The van der Waals surface area contributed by atoms with Crippen LogP contribution in [0.25, 0.3) is 11.4 Å². The molecule has 2 aromatic heterocycles. The van der Waals surface area contributed by atoms with Crippen molar-refractivity contribution in [2.45, 2.75) is 24.9 Å². The number of hydrogen-bond donors (Lipinski definition) is 0. The van der Waals surface area contributed by atoms with Crippen LogP contribution in [0.1, 0.15) is 34.7 Å². The molecule has 0 radical (unpaired) electrons.